The predicted octanol–water partition coefficient (Wildman–Crippen LogP) is 2.02. The number of hydrogen-bond acceptors (Lipinski definition) is 3. The molecule has 3 nitrogen and oxygen atoms in total. The second-order valence-electron chi connectivity index (χ2n) is 6.54. The van der Waals surface area contributed by atoms with Crippen molar-refractivity contribution in [2.75, 3.05) is 40.3 Å². The number of likely N-dealkylation sites (N-methyl/N-ethyl adjacent to an activating group) is 1. The van der Waals surface area contributed by atoms with Gasteiger partial charge in [-0.05, 0) is 38.8 Å². The summed E-state index contributed by atoms with van der Waals surface area (Å²) >= 11 is 0. The molecule has 0 aromatic rings. The second-order valence-corrected chi connectivity index (χ2v) is 6.54. The molecule has 3 heteroatoms. The van der Waals surface area contributed by atoms with Crippen molar-refractivity contribution >= 4 is 0 Å². The van der Waals surface area contributed by atoms with E-state index in [0.717, 1.165) is 31.5 Å². The first-order valence-electron chi connectivity index (χ1n) is 7.63. The van der Waals surface area contributed by atoms with E-state index >= 15 is 0 Å². The fourth-order valence-corrected chi connectivity index (χ4v) is 3.17. The van der Waals surface area contributed by atoms with Crippen molar-refractivity contribution in [3.05, 3.63) is 0 Å². The maximum atomic E-state index is 6.08. The van der Waals surface area contributed by atoms with Crippen LogP contribution in [-0.4, -0.2) is 56.1 Å². The van der Waals surface area contributed by atoms with Crippen molar-refractivity contribution in [2.45, 2.75) is 45.6 Å². The molecule has 1 aliphatic carbocycles. The van der Waals surface area contributed by atoms with Gasteiger partial charge in [-0.3, -0.25) is 4.90 Å². The van der Waals surface area contributed by atoms with Gasteiger partial charge in [0.15, 0.2) is 0 Å². The molecule has 2 N–H and O–H groups in total. The Labute approximate surface area is 114 Å². The molecular weight excluding hydrogens is 222 g/mol. The first kappa shape index (κ1) is 15.9. The number of nitrogens with two attached hydrogens (primary N) is 1. The molecule has 0 bridgehead atoms. The minimum absolute atomic E-state index is 0.606. The summed E-state index contributed by atoms with van der Waals surface area (Å²) in [5.41, 5.74) is 6.08. The summed E-state index contributed by atoms with van der Waals surface area (Å²) in [5, 5.41) is 0. The smallest absolute Gasteiger partial charge is 0.0247 e. The quantitative estimate of drug-likeness (QED) is 0.720. The first-order chi connectivity index (χ1) is 8.54. The summed E-state index contributed by atoms with van der Waals surface area (Å²) in [6.45, 7) is 8.92. The van der Waals surface area contributed by atoms with Crippen LogP contribution >= 0.6 is 0 Å². The van der Waals surface area contributed by atoms with Gasteiger partial charge in [-0.2, -0.15) is 0 Å². The summed E-state index contributed by atoms with van der Waals surface area (Å²) in [4.78, 5) is 4.93. The first-order valence-corrected chi connectivity index (χ1v) is 7.63. The lowest BCUT2D eigenvalue weighted by Gasteiger charge is -2.36. The number of nitrogens with zero attached hydrogens (tertiary/aromatic N) is 2. The Morgan fingerprint density at radius 2 is 1.72 bits per heavy atom. The molecule has 0 aromatic heterocycles. The van der Waals surface area contributed by atoms with Crippen LogP contribution in [0, 0.1) is 11.8 Å². The van der Waals surface area contributed by atoms with Gasteiger partial charge in [0.05, 0.1) is 0 Å². The molecule has 1 saturated carbocycles. The monoisotopic (exact) mass is 255 g/mol. The highest BCUT2D eigenvalue weighted by molar-refractivity contribution is 4.84. The Bertz CT molecular complexity index is 210. The molecular formula is C15H33N3. The zero-order chi connectivity index (χ0) is 13.5. The van der Waals surface area contributed by atoms with Gasteiger partial charge in [-0.1, -0.05) is 26.7 Å². The van der Waals surface area contributed by atoms with Crippen LogP contribution in [0.15, 0.2) is 0 Å². The van der Waals surface area contributed by atoms with Crippen LogP contribution in [0.3, 0.4) is 0 Å². The van der Waals surface area contributed by atoms with Gasteiger partial charge < -0.3 is 10.6 Å². The molecule has 1 atom stereocenters. The highest BCUT2D eigenvalue weighted by atomic mass is 15.2. The van der Waals surface area contributed by atoms with E-state index < -0.39 is 0 Å². The molecule has 1 aliphatic rings. The Balaban J connectivity index is 2.58. The molecule has 0 heterocycles. The van der Waals surface area contributed by atoms with Gasteiger partial charge in [-0.25, -0.2) is 0 Å². The summed E-state index contributed by atoms with van der Waals surface area (Å²) < 4.78 is 0. The van der Waals surface area contributed by atoms with E-state index in [2.05, 4.69) is 37.7 Å². The third-order valence-corrected chi connectivity index (χ3v) is 4.09. The van der Waals surface area contributed by atoms with Crippen LogP contribution in [0.4, 0.5) is 0 Å². The molecule has 0 saturated heterocycles. The molecule has 18 heavy (non-hydrogen) atoms. The molecule has 0 aromatic carbocycles. The Morgan fingerprint density at radius 1 is 1.11 bits per heavy atom. The summed E-state index contributed by atoms with van der Waals surface area (Å²) in [6.07, 6.45) is 5.59. The zero-order valence-corrected chi connectivity index (χ0v) is 12.9. The summed E-state index contributed by atoms with van der Waals surface area (Å²) in [6, 6.07) is 0.606. The Morgan fingerprint density at radius 3 is 2.17 bits per heavy atom. The zero-order valence-electron chi connectivity index (χ0n) is 12.9. The van der Waals surface area contributed by atoms with E-state index in [1.165, 1.54) is 32.2 Å². The average Bonchev–Trinajstić information content (AvgIpc) is 2.79. The van der Waals surface area contributed by atoms with Crippen molar-refractivity contribution < 1.29 is 0 Å². The van der Waals surface area contributed by atoms with E-state index in [4.69, 9.17) is 5.73 Å². The van der Waals surface area contributed by atoms with Crippen molar-refractivity contribution in [1.82, 2.24) is 9.80 Å². The van der Waals surface area contributed by atoms with Gasteiger partial charge in [0.1, 0.15) is 0 Å². The van der Waals surface area contributed by atoms with E-state index in [1.54, 1.807) is 0 Å². The van der Waals surface area contributed by atoms with Crippen molar-refractivity contribution in [1.29, 1.82) is 0 Å². The minimum atomic E-state index is 0.606. The molecule has 108 valence electrons. The van der Waals surface area contributed by atoms with Gasteiger partial charge >= 0.3 is 0 Å². The Hall–Kier alpha value is -0.120. The Kier molecular flexibility index (Phi) is 7.20. The van der Waals surface area contributed by atoms with Crippen LogP contribution in [0.5, 0.6) is 0 Å². The van der Waals surface area contributed by atoms with Gasteiger partial charge in [-0.15, -0.1) is 0 Å². The summed E-state index contributed by atoms with van der Waals surface area (Å²) in [7, 11) is 4.31. The molecule has 1 unspecified atom stereocenters. The minimum Gasteiger partial charge on any atom is -0.329 e. The average molecular weight is 255 g/mol. The van der Waals surface area contributed by atoms with Crippen LogP contribution in [-0.2, 0) is 0 Å². The molecule has 0 radical (unpaired) electrons. The van der Waals surface area contributed by atoms with Crippen LogP contribution < -0.4 is 5.73 Å². The van der Waals surface area contributed by atoms with Gasteiger partial charge in [0.25, 0.3) is 0 Å². The lowest BCUT2D eigenvalue weighted by molar-refractivity contribution is 0.121. The molecule has 0 amide bonds. The van der Waals surface area contributed by atoms with Gasteiger partial charge in [0.2, 0.25) is 0 Å². The van der Waals surface area contributed by atoms with E-state index in [-0.39, 0.29) is 0 Å². The lowest BCUT2D eigenvalue weighted by Crippen LogP contribution is -2.48. The maximum absolute atomic E-state index is 6.08. The standard InChI is InChI=1S/C15H33N3/c1-13(2)12-18(10-9-17(3)4)15(11-16)14-7-5-6-8-14/h13-15H,5-12,16H2,1-4H3. The van der Waals surface area contributed by atoms with E-state index in [0.29, 0.717) is 6.04 Å². The topological polar surface area (TPSA) is 32.5 Å². The summed E-state index contributed by atoms with van der Waals surface area (Å²) in [5.74, 6) is 1.57. The normalized spacial score (nSPS) is 19.3. The molecule has 1 fully saturated rings. The molecule has 1 rings (SSSR count). The van der Waals surface area contributed by atoms with Crippen LogP contribution in [0.25, 0.3) is 0 Å². The largest absolute Gasteiger partial charge is 0.329 e. The number of hydrogen-bond donors (Lipinski definition) is 1. The molecule has 0 spiro atoms. The van der Waals surface area contributed by atoms with Gasteiger partial charge in [0, 0.05) is 32.2 Å². The second kappa shape index (κ2) is 8.13. The maximum Gasteiger partial charge on any atom is 0.0247 e. The van der Waals surface area contributed by atoms with Crippen molar-refractivity contribution in [3.63, 3.8) is 0 Å². The van der Waals surface area contributed by atoms with E-state index in [1.807, 2.05) is 0 Å². The fraction of sp³-hybridized carbons (Fsp3) is 1.00. The van der Waals surface area contributed by atoms with Crippen molar-refractivity contribution in [3.8, 4) is 0 Å². The lowest BCUT2D eigenvalue weighted by atomic mass is 9.95. The van der Waals surface area contributed by atoms with E-state index in [9.17, 15) is 0 Å². The van der Waals surface area contributed by atoms with Crippen LogP contribution in [0.2, 0.25) is 0 Å². The highest BCUT2D eigenvalue weighted by Gasteiger charge is 2.28. The molecule has 0 aliphatic heterocycles. The van der Waals surface area contributed by atoms with Crippen molar-refractivity contribution in [2.24, 2.45) is 17.6 Å². The van der Waals surface area contributed by atoms with Crippen LogP contribution in [0.1, 0.15) is 39.5 Å². The third-order valence-electron chi connectivity index (χ3n) is 4.09. The third kappa shape index (κ3) is 5.25. The fourth-order valence-electron chi connectivity index (χ4n) is 3.17. The highest BCUT2D eigenvalue weighted by Crippen LogP contribution is 2.30. The SMILES string of the molecule is CC(C)CN(CCN(C)C)C(CN)C1CCCC1. The predicted molar refractivity (Wildman–Crippen MR) is 79.8 cm³/mol. The number of rotatable bonds is 8.